The average molecular weight is 300 g/mol. The molecule has 0 aliphatic carbocycles. The first-order chi connectivity index (χ1) is 10.8. The third-order valence-corrected chi connectivity index (χ3v) is 5.08. The zero-order valence-electron chi connectivity index (χ0n) is 12.5. The molecule has 4 heterocycles. The number of carbonyl (C=O) groups excluding carboxylic acids is 1. The van der Waals surface area contributed by atoms with Crippen LogP contribution < -0.4 is 0 Å². The first kappa shape index (κ1) is 13.8. The molecule has 22 heavy (non-hydrogen) atoms. The molecule has 4 aliphatic rings. The van der Waals surface area contributed by atoms with Crippen molar-refractivity contribution in [3.05, 3.63) is 35.9 Å². The van der Waals surface area contributed by atoms with E-state index in [1.807, 2.05) is 30.3 Å². The second kappa shape index (κ2) is 5.39. The van der Waals surface area contributed by atoms with E-state index in [0.29, 0.717) is 18.1 Å². The van der Waals surface area contributed by atoms with E-state index >= 15 is 0 Å². The number of nitrogens with zero attached hydrogens (tertiary/aromatic N) is 2. The van der Waals surface area contributed by atoms with Crippen molar-refractivity contribution in [3.63, 3.8) is 0 Å². The van der Waals surface area contributed by atoms with E-state index in [4.69, 9.17) is 9.57 Å². The minimum absolute atomic E-state index is 0.279. The summed E-state index contributed by atoms with van der Waals surface area (Å²) in [6, 6.07) is 9.69. The summed E-state index contributed by atoms with van der Waals surface area (Å²) in [5.74, 6) is 0.165. The van der Waals surface area contributed by atoms with Crippen molar-refractivity contribution < 1.29 is 14.4 Å². The molecule has 116 valence electrons. The molecule has 1 aromatic carbocycles. The average Bonchev–Trinajstić information content (AvgIpc) is 2.98. The highest BCUT2D eigenvalue weighted by Gasteiger charge is 2.53. The van der Waals surface area contributed by atoms with Crippen LogP contribution in [0.15, 0.2) is 35.5 Å². The fourth-order valence-electron chi connectivity index (χ4n) is 3.84. The predicted octanol–water partition coefficient (Wildman–Crippen LogP) is 1.97. The van der Waals surface area contributed by atoms with Gasteiger partial charge in [0.05, 0.1) is 0 Å². The smallest absolute Gasteiger partial charge is 0.356 e. The number of ether oxygens (including phenoxy) is 1. The summed E-state index contributed by atoms with van der Waals surface area (Å²) in [5.41, 5.74) is 1.13. The van der Waals surface area contributed by atoms with Crippen LogP contribution in [0.4, 0.5) is 0 Å². The van der Waals surface area contributed by atoms with Gasteiger partial charge in [0.15, 0.2) is 11.3 Å². The molecule has 0 radical (unpaired) electrons. The number of hydrogen-bond acceptors (Lipinski definition) is 5. The Morgan fingerprint density at radius 1 is 1.32 bits per heavy atom. The van der Waals surface area contributed by atoms with Gasteiger partial charge >= 0.3 is 5.97 Å². The fourth-order valence-corrected chi connectivity index (χ4v) is 3.84. The molecule has 1 spiro atoms. The van der Waals surface area contributed by atoms with Gasteiger partial charge < -0.3 is 9.57 Å². The van der Waals surface area contributed by atoms with Crippen LogP contribution in [-0.4, -0.2) is 41.8 Å². The second-order valence-electron chi connectivity index (χ2n) is 6.48. The standard InChI is InChI=1S/C17H20N2O3/c20-16(21-11-13-4-2-1-3-5-13)15-10-17(22-18-15)12-19-8-6-14(17)7-9-19/h1-5,14H,6-12H2. The first-order valence-corrected chi connectivity index (χ1v) is 7.94. The van der Waals surface area contributed by atoms with Crippen LogP contribution in [0.5, 0.6) is 0 Å². The molecule has 0 amide bonds. The second-order valence-corrected chi connectivity index (χ2v) is 6.48. The monoisotopic (exact) mass is 300 g/mol. The van der Waals surface area contributed by atoms with Gasteiger partial charge in [-0.1, -0.05) is 35.5 Å². The minimum atomic E-state index is -0.350. The van der Waals surface area contributed by atoms with Crippen LogP contribution in [0.1, 0.15) is 24.8 Å². The zero-order chi connectivity index (χ0) is 15.0. The van der Waals surface area contributed by atoms with Crippen molar-refractivity contribution in [1.82, 2.24) is 4.90 Å². The van der Waals surface area contributed by atoms with E-state index in [9.17, 15) is 4.79 Å². The largest absolute Gasteiger partial charge is 0.456 e. The predicted molar refractivity (Wildman–Crippen MR) is 81.3 cm³/mol. The lowest BCUT2D eigenvalue weighted by atomic mass is 9.73. The summed E-state index contributed by atoms with van der Waals surface area (Å²) in [4.78, 5) is 20.4. The molecular formula is C17H20N2O3. The van der Waals surface area contributed by atoms with E-state index in [2.05, 4.69) is 10.1 Å². The van der Waals surface area contributed by atoms with Gasteiger partial charge in [-0.15, -0.1) is 0 Å². The van der Waals surface area contributed by atoms with Crippen LogP contribution in [0, 0.1) is 5.92 Å². The van der Waals surface area contributed by atoms with E-state index in [0.717, 1.165) is 38.0 Å². The molecule has 3 fully saturated rings. The molecule has 2 bridgehead atoms. The minimum Gasteiger partial charge on any atom is -0.456 e. The van der Waals surface area contributed by atoms with Gasteiger partial charge in [-0.25, -0.2) is 4.79 Å². The Hall–Kier alpha value is -1.88. The third-order valence-electron chi connectivity index (χ3n) is 5.08. The third kappa shape index (κ3) is 2.39. The van der Waals surface area contributed by atoms with E-state index in [1.165, 1.54) is 0 Å². The van der Waals surface area contributed by atoms with E-state index in [1.54, 1.807) is 0 Å². The quantitative estimate of drug-likeness (QED) is 0.801. The summed E-state index contributed by atoms with van der Waals surface area (Å²) in [7, 11) is 0. The number of benzene rings is 1. The van der Waals surface area contributed by atoms with Crippen molar-refractivity contribution in [2.45, 2.75) is 31.5 Å². The normalized spacial score (nSPS) is 32.6. The number of piperidine rings is 3. The lowest BCUT2D eigenvalue weighted by molar-refractivity contribution is -0.137. The molecule has 5 heteroatoms. The number of oxime groups is 1. The van der Waals surface area contributed by atoms with Crippen LogP contribution in [0.25, 0.3) is 0 Å². The van der Waals surface area contributed by atoms with Crippen LogP contribution in [0.3, 0.4) is 0 Å². The molecule has 4 aliphatic heterocycles. The molecule has 1 atom stereocenters. The molecule has 3 saturated heterocycles. The Bertz CT molecular complexity index is 593. The fraction of sp³-hybridized carbons (Fsp3) is 0.529. The summed E-state index contributed by atoms with van der Waals surface area (Å²) in [6.45, 7) is 3.45. The Morgan fingerprint density at radius 2 is 2.09 bits per heavy atom. The number of fused-ring (bicyclic) bond motifs is 2. The van der Waals surface area contributed by atoms with Gasteiger partial charge in [0, 0.05) is 18.9 Å². The zero-order valence-corrected chi connectivity index (χ0v) is 12.5. The first-order valence-electron chi connectivity index (χ1n) is 7.94. The van der Waals surface area contributed by atoms with Crippen molar-refractivity contribution in [3.8, 4) is 0 Å². The molecule has 0 saturated carbocycles. The maximum atomic E-state index is 12.2. The molecule has 0 N–H and O–H groups in total. The molecule has 5 rings (SSSR count). The number of hydrogen-bond donors (Lipinski definition) is 0. The molecule has 0 aromatic heterocycles. The number of carbonyl (C=O) groups is 1. The van der Waals surface area contributed by atoms with Crippen molar-refractivity contribution in [1.29, 1.82) is 0 Å². The summed E-state index contributed by atoms with van der Waals surface area (Å²) >= 11 is 0. The maximum absolute atomic E-state index is 12.2. The highest BCUT2D eigenvalue weighted by atomic mass is 16.7. The summed E-state index contributed by atoms with van der Waals surface area (Å²) in [5, 5.41) is 4.06. The summed E-state index contributed by atoms with van der Waals surface area (Å²) < 4.78 is 5.36. The van der Waals surface area contributed by atoms with Crippen LogP contribution >= 0.6 is 0 Å². The van der Waals surface area contributed by atoms with Gasteiger partial charge in [0.2, 0.25) is 0 Å². The van der Waals surface area contributed by atoms with Crippen LogP contribution in [0.2, 0.25) is 0 Å². The molecule has 5 nitrogen and oxygen atoms in total. The Morgan fingerprint density at radius 3 is 2.77 bits per heavy atom. The maximum Gasteiger partial charge on any atom is 0.356 e. The van der Waals surface area contributed by atoms with E-state index < -0.39 is 0 Å². The number of esters is 1. The van der Waals surface area contributed by atoms with Crippen molar-refractivity contribution in [2.24, 2.45) is 11.1 Å². The lowest BCUT2D eigenvalue weighted by Crippen LogP contribution is -2.59. The summed E-state index contributed by atoms with van der Waals surface area (Å²) in [6.07, 6.45) is 2.87. The van der Waals surface area contributed by atoms with Crippen molar-refractivity contribution in [2.75, 3.05) is 19.6 Å². The van der Waals surface area contributed by atoms with Crippen LogP contribution in [-0.2, 0) is 21.0 Å². The highest BCUT2D eigenvalue weighted by Crippen LogP contribution is 2.43. The lowest BCUT2D eigenvalue weighted by Gasteiger charge is -2.49. The van der Waals surface area contributed by atoms with Crippen molar-refractivity contribution >= 4 is 11.7 Å². The topological polar surface area (TPSA) is 51.1 Å². The number of rotatable bonds is 3. The SMILES string of the molecule is O=C(OCc1ccccc1)C1=NOC2(C1)CN1CCC2CC1. The Kier molecular flexibility index (Phi) is 3.37. The van der Waals surface area contributed by atoms with Gasteiger partial charge in [-0.3, -0.25) is 4.90 Å². The molecule has 1 aromatic rings. The Labute approximate surface area is 129 Å². The molecule has 1 unspecified atom stereocenters. The molecular weight excluding hydrogens is 280 g/mol. The highest BCUT2D eigenvalue weighted by molar-refractivity contribution is 6.36. The van der Waals surface area contributed by atoms with Gasteiger partial charge in [0.25, 0.3) is 0 Å². The Balaban J connectivity index is 1.37. The van der Waals surface area contributed by atoms with E-state index in [-0.39, 0.29) is 18.2 Å². The van der Waals surface area contributed by atoms with Gasteiger partial charge in [-0.05, 0) is 31.5 Å². The van der Waals surface area contributed by atoms with Gasteiger partial charge in [-0.2, -0.15) is 0 Å². The van der Waals surface area contributed by atoms with Gasteiger partial charge in [0.1, 0.15) is 6.61 Å².